The van der Waals surface area contributed by atoms with Crippen LogP contribution in [0, 0.1) is 13.8 Å². The van der Waals surface area contributed by atoms with Crippen LogP contribution in [-0.2, 0) is 6.54 Å². The minimum atomic E-state index is -0.102. The van der Waals surface area contributed by atoms with E-state index in [4.69, 9.17) is 8.94 Å². The van der Waals surface area contributed by atoms with E-state index in [-0.39, 0.29) is 12.1 Å². The minimum absolute atomic E-state index is 0.102. The van der Waals surface area contributed by atoms with Crippen molar-refractivity contribution in [1.29, 1.82) is 0 Å². The molecule has 4 aromatic rings. The molecule has 0 atom stereocenters. The normalized spacial score (nSPS) is 11.4. The highest BCUT2D eigenvalue weighted by atomic mass is 32.1. The number of rotatable bonds is 3. The van der Waals surface area contributed by atoms with Crippen molar-refractivity contribution < 1.29 is 8.94 Å². The molecule has 7 nitrogen and oxygen atoms in total. The molecule has 23 heavy (non-hydrogen) atoms. The number of hydrogen-bond acceptors (Lipinski definition) is 7. The Morgan fingerprint density at radius 1 is 1.35 bits per heavy atom. The molecule has 0 aliphatic heterocycles. The van der Waals surface area contributed by atoms with Crippen LogP contribution in [0.5, 0.6) is 0 Å². The molecule has 0 aromatic carbocycles. The van der Waals surface area contributed by atoms with Crippen molar-refractivity contribution in [2.75, 3.05) is 0 Å². The van der Waals surface area contributed by atoms with Crippen LogP contribution in [0.25, 0.3) is 21.8 Å². The summed E-state index contributed by atoms with van der Waals surface area (Å²) in [6.45, 7) is 4.09. The molecule has 116 valence electrons. The number of thiophene rings is 1. The van der Waals surface area contributed by atoms with Crippen molar-refractivity contribution in [3.05, 3.63) is 51.4 Å². The number of nitrogens with zero attached hydrogens (tertiary/aromatic N) is 4. The summed E-state index contributed by atoms with van der Waals surface area (Å²) in [5, 5.41) is 4.51. The maximum absolute atomic E-state index is 12.6. The fourth-order valence-electron chi connectivity index (χ4n) is 2.35. The van der Waals surface area contributed by atoms with Crippen LogP contribution in [0.15, 0.2) is 38.5 Å². The van der Waals surface area contributed by atoms with E-state index in [1.165, 1.54) is 28.5 Å². The summed E-state index contributed by atoms with van der Waals surface area (Å²) >= 11 is 1.52. The molecule has 0 saturated heterocycles. The van der Waals surface area contributed by atoms with Gasteiger partial charge in [0.25, 0.3) is 5.56 Å². The molecule has 0 spiro atoms. The summed E-state index contributed by atoms with van der Waals surface area (Å²) < 4.78 is 11.9. The maximum Gasteiger partial charge on any atom is 0.262 e. The minimum Gasteiger partial charge on any atom is -0.461 e. The Morgan fingerprint density at radius 3 is 3.00 bits per heavy atom. The molecule has 0 aliphatic rings. The van der Waals surface area contributed by atoms with E-state index >= 15 is 0 Å². The van der Waals surface area contributed by atoms with Gasteiger partial charge in [0.1, 0.15) is 11.4 Å². The number of aromatic nitrogens is 4. The zero-order chi connectivity index (χ0) is 16.0. The monoisotopic (exact) mass is 328 g/mol. The molecular formula is C15H12N4O3S. The van der Waals surface area contributed by atoms with Gasteiger partial charge in [-0.1, -0.05) is 5.16 Å². The van der Waals surface area contributed by atoms with Gasteiger partial charge in [-0.05, 0) is 31.5 Å². The Kier molecular flexibility index (Phi) is 3.12. The summed E-state index contributed by atoms with van der Waals surface area (Å²) in [4.78, 5) is 23.1. The highest BCUT2D eigenvalue weighted by Gasteiger charge is 2.15. The topological polar surface area (TPSA) is 86.9 Å². The zero-order valence-corrected chi connectivity index (χ0v) is 13.3. The van der Waals surface area contributed by atoms with Gasteiger partial charge in [0.05, 0.1) is 18.0 Å². The molecule has 4 rings (SSSR count). The highest BCUT2D eigenvalue weighted by Crippen LogP contribution is 2.25. The fraction of sp³-hybridized carbons (Fsp3) is 0.200. The molecule has 0 radical (unpaired) electrons. The standard InChI is InChI=1S/C15H12N4O3S/c1-8-9(2)23-14-12(8)15(20)19(7-16-14)6-11-17-13(18-22-11)10-4-3-5-21-10/h3-5,7H,6H2,1-2H3. The van der Waals surface area contributed by atoms with Gasteiger partial charge in [-0.15, -0.1) is 11.3 Å². The second kappa shape index (κ2) is 5.17. The Bertz CT molecular complexity index is 1040. The predicted molar refractivity (Wildman–Crippen MR) is 84.5 cm³/mol. The van der Waals surface area contributed by atoms with Gasteiger partial charge in [0.2, 0.25) is 11.7 Å². The van der Waals surface area contributed by atoms with Gasteiger partial charge in [-0.2, -0.15) is 4.98 Å². The van der Waals surface area contributed by atoms with Crippen LogP contribution in [0.3, 0.4) is 0 Å². The lowest BCUT2D eigenvalue weighted by Gasteiger charge is -2.01. The first-order valence-corrected chi connectivity index (χ1v) is 7.76. The fourth-order valence-corrected chi connectivity index (χ4v) is 3.34. The first-order valence-electron chi connectivity index (χ1n) is 6.95. The Balaban J connectivity index is 1.72. The van der Waals surface area contributed by atoms with Gasteiger partial charge >= 0.3 is 0 Å². The van der Waals surface area contributed by atoms with E-state index in [0.29, 0.717) is 22.9 Å². The SMILES string of the molecule is Cc1sc2ncn(Cc3nc(-c4ccco4)no3)c(=O)c2c1C. The summed E-state index contributed by atoms with van der Waals surface area (Å²) in [6.07, 6.45) is 3.05. The summed E-state index contributed by atoms with van der Waals surface area (Å²) in [6, 6.07) is 3.49. The first-order chi connectivity index (χ1) is 11.1. The van der Waals surface area contributed by atoms with Crippen molar-refractivity contribution in [3.63, 3.8) is 0 Å². The molecule has 8 heteroatoms. The van der Waals surface area contributed by atoms with Crippen LogP contribution in [-0.4, -0.2) is 19.7 Å². The maximum atomic E-state index is 12.6. The molecule has 0 aliphatic carbocycles. The third kappa shape index (κ3) is 2.27. The van der Waals surface area contributed by atoms with Crippen LogP contribution in [0.4, 0.5) is 0 Å². The van der Waals surface area contributed by atoms with E-state index in [1.54, 1.807) is 12.1 Å². The van der Waals surface area contributed by atoms with Crippen molar-refractivity contribution in [2.24, 2.45) is 0 Å². The molecule has 4 heterocycles. The summed E-state index contributed by atoms with van der Waals surface area (Å²) in [5.74, 6) is 1.20. The average molecular weight is 328 g/mol. The number of hydrogen-bond donors (Lipinski definition) is 0. The van der Waals surface area contributed by atoms with Crippen LogP contribution in [0.1, 0.15) is 16.3 Å². The molecule has 0 saturated carbocycles. The van der Waals surface area contributed by atoms with Crippen molar-refractivity contribution in [3.8, 4) is 11.6 Å². The van der Waals surface area contributed by atoms with Crippen LogP contribution in [0.2, 0.25) is 0 Å². The van der Waals surface area contributed by atoms with E-state index < -0.39 is 0 Å². The van der Waals surface area contributed by atoms with Gasteiger partial charge in [0.15, 0.2) is 5.76 Å². The molecule has 0 N–H and O–H groups in total. The van der Waals surface area contributed by atoms with Gasteiger partial charge in [-0.3, -0.25) is 9.36 Å². The van der Waals surface area contributed by atoms with Gasteiger partial charge in [0, 0.05) is 4.88 Å². The molecule has 0 fully saturated rings. The van der Waals surface area contributed by atoms with E-state index in [2.05, 4.69) is 15.1 Å². The quantitative estimate of drug-likeness (QED) is 0.575. The molecule has 0 amide bonds. The van der Waals surface area contributed by atoms with Gasteiger partial charge < -0.3 is 8.94 Å². The van der Waals surface area contributed by atoms with Gasteiger partial charge in [-0.25, -0.2) is 4.98 Å². The third-order valence-corrected chi connectivity index (χ3v) is 4.79. The summed E-state index contributed by atoms with van der Waals surface area (Å²) in [5.41, 5.74) is 0.869. The van der Waals surface area contributed by atoms with E-state index in [1.807, 2.05) is 13.8 Å². The largest absolute Gasteiger partial charge is 0.461 e. The number of fused-ring (bicyclic) bond motifs is 1. The van der Waals surface area contributed by atoms with Crippen molar-refractivity contribution in [1.82, 2.24) is 19.7 Å². The zero-order valence-electron chi connectivity index (χ0n) is 12.4. The van der Waals surface area contributed by atoms with Crippen molar-refractivity contribution in [2.45, 2.75) is 20.4 Å². The van der Waals surface area contributed by atoms with Crippen LogP contribution >= 0.6 is 11.3 Å². The smallest absolute Gasteiger partial charge is 0.262 e. The Hall–Kier alpha value is -2.74. The molecule has 0 unspecified atom stereocenters. The number of aryl methyl sites for hydroxylation is 2. The molecular weight excluding hydrogens is 316 g/mol. The Labute approximate surface area is 134 Å². The second-order valence-electron chi connectivity index (χ2n) is 5.13. The van der Waals surface area contributed by atoms with Crippen LogP contribution < -0.4 is 5.56 Å². The third-order valence-electron chi connectivity index (χ3n) is 3.67. The molecule has 0 bridgehead atoms. The summed E-state index contributed by atoms with van der Waals surface area (Å²) in [7, 11) is 0. The number of furan rings is 1. The lowest BCUT2D eigenvalue weighted by molar-refractivity contribution is 0.368. The Morgan fingerprint density at radius 2 is 2.22 bits per heavy atom. The van der Waals surface area contributed by atoms with E-state index in [9.17, 15) is 4.79 Å². The highest BCUT2D eigenvalue weighted by molar-refractivity contribution is 7.18. The first kappa shape index (κ1) is 13.9. The lowest BCUT2D eigenvalue weighted by atomic mass is 10.2. The molecule has 4 aromatic heterocycles. The van der Waals surface area contributed by atoms with E-state index in [0.717, 1.165) is 15.3 Å². The average Bonchev–Trinajstić information content (AvgIpc) is 3.24. The second-order valence-corrected chi connectivity index (χ2v) is 6.33. The predicted octanol–water partition coefficient (Wildman–Crippen LogP) is 2.77. The van der Waals surface area contributed by atoms with Crippen molar-refractivity contribution >= 4 is 21.6 Å². The lowest BCUT2D eigenvalue weighted by Crippen LogP contribution is -2.21.